The van der Waals surface area contributed by atoms with E-state index in [1.165, 1.54) is 5.56 Å². The van der Waals surface area contributed by atoms with Gasteiger partial charge in [-0.2, -0.15) is 5.26 Å². The molecule has 0 saturated carbocycles. The van der Waals surface area contributed by atoms with Crippen molar-refractivity contribution in [1.82, 2.24) is 4.90 Å². The lowest BCUT2D eigenvalue weighted by molar-refractivity contribution is 0.241. The molecule has 1 rings (SSSR count). The summed E-state index contributed by atoms with van der Waals surface area (Å²) in [6, 6.07) is 12.9. The van der Waals surface area contributed by atoms with Gasteiger partial charge in [-0.1, -0.05) is 51.1 Å². The Morgan fingerprint density at radius 2 is 1.76 bits per heavy atom. The van der Waals surface area contributed by atoms with Crippen molar-refractivity contribution in [2.45, 2.75) is 39.2 Å². The quantitative estimate of drug-likeness (QED) is 0.748. The molecule has 0 fully saturated rings. The van der Waals surface area contributed by atoms with E-state index in [1.54, 1.807) is 0 Å². The third-order valence-corrected chi connectivity index (χ3v) is 3.35. The Kier molecular flexibility index (Phi) is 5.72. The molecule has 2 unspecified atom stereocenters. The normalized spacial score (nSPS) is 14.3. The standard InChI is InChI=1S/C15H22N2/c1-4-17(5-2)15(12-16)11-13(3)14-9-7-6-8-10-14/h6-10,13,15H,4-5,11H2,1-3H3. The topological polar surface area (TPSA) is 27.0 Å². The van der Waals surface area contributed by atoms with Crippen LogP contribution in [0.4, 0.5) is 0 Å². The third kappa shape index (κ3) is 3.87. The van der Waals surface area contributed by atoms with E-state index in [0.717, 1.165) is 19.5 Å². The van der Waals surface area contributed by atoms with Crippen LogP contribution in [0.15, 0.2) is 30.3 Å². The Labute approximate surface area is 105 Å². The van der Waals surface area contributed by atoms with E-state index in [2.05, 4.69) is 56.0 Å². The molecule has 0 amide bonds. The molecule has 0 spiro atoms. The van der Waals surface area contributed by atoms with Gasteiger partial charge in [0.25, 0.3) is 0 Å². The van der Waals surface area contributed by atoms with Crippen LogP contribution in [0, 0.1) is 11.3 Å². The lowest BCUT2D eigenvalue weighted by Crippen LogP contribution is -2.34. The van der Waals surface area contributed by atoms with E-state index in [1.807, 2.05) is 6.07 Å². The van der Waals surface area contributed by atoms with Gasteiger partial charge in [0.15, 0.2) is 0 Å². The highest BCUT2D eigenvalue weighted by atomic mass is 15.1. The molecule has 92 valence electrons. The summed E-state index contributed by atoms with van der Waals surface area (Å²) in [5, 5.41) is 9.26. The van der Waals surface area contributed by atoms with Gasteiger partial charge in [0.05, 0.1) is 12.1 Å². The summed E-state index contributed by atoms with van der Waals surface area (Å²) in [5.41, 5.74) is 1.32. The zero-order valence-electron chi connectivity index (χ0n) is 11.1. The minimum atomic E-state index is 0.0280. The molecular weight excluding hydrogens is 208 g/mol. The molecule has 2 nitrogen and oxygen atoms in total. The minimum Gasteiger partial charge on any atom is -0.289 e. The first kappa shape index (κ1) is 13.7. The minimum absolute atomic E-state index is 0.0280. The monoisotopic (exact) mass is 230 g/mol. The Hall–Kier alpha value is -1.33. The first-order chi connectivity index (χ1) is 8.22. The summed E-state index contributed by atoms with van der Waals surface area (Å²) in [6.07, 6.45) is 0.905. The van der Waals surface area contributed by atoms with E-state index < -0.39 is 0 Å². The van der Waals surface area contributed by atoms with Gasteiger partial charge in [-0.05, 0) is 31.0 Å². The van der Waals surface area contributed by atoms with Crippen molar-refractivity contribution in [3.05, 3.63) is 35.9 Å². The summed E-state index contributed by atoms with van der Waals surface area (Å²) in [6.45, 7) is 8.30. The summed E-state index contributed by atoms with van der Waals surface area (Å²) in [4.78, 5) is 2.22. The van der Waals surface area contributed by atoms with Crippen molar-refractivity contribution in [1.29, 1.82) is 5.26 Å². The average molecular weight is 230 g/mol. The number of benzene rings is 1. The first-order valence-corrected chi connectivity index (χ1v) is 6.41. The van der Waals surface area contributed by atoms with Gasteiger partial charge >= 0.3 is 0 Å². The molecule has 0 bridgehead atoms. The lowest BCUT2D eigenvalue weighted by Gasteiger charge is -2.26. The average Bonchev–Trinajstić information content (AvgIpc) is 2.39. The lowest BCUT2D eigenvalue weighted by atomic mass is 9.94. The van der Waals surface area contributed by atoms with Crippen LogP contribution in [0.3, 0.4) is 0 Å². The highest BCUT2D eigenvalue weighted by Crippen LogP contribution is 2.22. The van der Waals surface area contributed by atoms with Gasteiger partial charge in [0.1, 0.15) is 0 Å². The van der Waals surface area contributed by atoms with Gasteiger partial charge in [-0.15, -0.1) is 0 Å². The molecule has 1 aromatic rings. The highest BCUT2D eigenvalue weighted by molar-refractivity contribution is 5.19. The number of hydrogen-bond donors (Lipinski definition) is 0. The number of nitrogens with zero attached hydrogens (tertiary/aromatic N) is 2. The van der Waals surface area contributed by atoms with E-state index in [-0.39, 0.29) is 6.04 Å². The fourth-order valence-corrected chi connectivity index (χ4v) is 2.20. The molecule has 17 heavy (non-hydrogen) atoms. The molecule has 0 aliphatic heterocycles. The molecular formula is C15H22N2. The Morgan fingerprint density at radius 3 is 2.24 bits per heavy atom. The summed E-state index contributed by atoms with van der Waals surface area (Å²) in [7, 11) is 0. The van der Waals surface area contributed by atoms with Crippen LogP contribution in [-0.2, 0) is 0 Å². The van der Waals surface area contributed by atoms with Crippen LogP contribution >= 0.6 is 0 Å². The van der Waals surface area contributed by atoms with Crippen molar-refractivity contribution < 1.29 is 0 Å². The van der Waals surface area contributed by atoms with Crippen LogP contribution in [0.5, 0.6) is 0 Å². The van der Waals surface area contributed by atoms with Crippen LogP contribution in [0.2, 0.25) is 0 Å². The molecule has 1 aromatic carbocycles. The van der Waals surface area contributed by atoms with Gasteiger partial charge in [0, 0.05) is 0 Å². The van der Waals surface area contributed by atoms with Gasteiger partial charge in [-0.3, -0.25) is 4.90 Å². The maximum Gasteiger partial charge on any atom is 0.0983 e. The second-order valence-corrected chi connectivity index (χ2v) is 4.41. The number of hydrogen-bond acceptors (Lipinski definition) is 2. The summed E-state index contributed by atoms with van der Waals surface area (Å²) >= 11 is 0. The Morgan fingerprint density at radius 1 is 1.18 bits per heavy atom. The maximum absolute atomic E-state index is 9.26. The predicted octanol–water partition coefficient (Wildman–Crippen LogP) is 3.41. The fraction of sp³-hybridized carbons (Fsp3) is 0.533. The largest absolute Gasteiger partial charge is 0.289 e. The third-order valence-electron chi connectivity index (χ3n) is 3.35. The van der Waals surface area contributed by atoms with E-state index in [9.17, 15) is 5.26 Å². The SMILES string of the molecule is CCN(CC)C(C#N)CC(C)c1ccccc1. The van der Waals surface area contributed by atoms with Crippen molar-refractivity contribution in [3.63, 3.8) is 0 Å². The fourth-order valence-electron chi connectivity index (χ4n) is 2.20. The van der Waals surface area contributed by atoms with Gasteiger partial charge in [0.2, 0.25) is 0 Å². The number of nitriles is 1. The Bertz CT molecular complexity index is 349. The Balaban J connectivity index is 2.66. The van der Waals surface area contributed by atoms with E-state index in [4.69, 9.17) is 0 Å². The maximum atomic E-state index is 9.26. The van der Waals surface area contributed by atoms with Crippen molar-refractivity contribution in [3.8, 4) is 6.07 Å². The zero-order valence-corrected chi connectivity index (χ0v) is 11.1. The first-order valence-electron chi connectivity index (χ1n) is 6.41. The number of rotatable bonds is 6. The molecule has 0 aliphatic carbocycles. The van der Waals surface area contributed by atoms with Crippen LogP contribution in [0.25, 0.3) is 0 Å². The van der Waals surface area contributed by atoms with Crippen LogP contribution < -0.4 is 0 Å². The van der Waals surface area contributed by atoms with Gasteiger partial charge < -0.3 is 0 Å². The summed E-state index contributed by atoms with van der Waals surface area (Å²) in [5.74, 6) is 0.432. The van der Waals surface area contributed by atoms with Crippen molar-refractivity contribution >= 4 is 0 Å². The predicted molar refractivity (Wildman–Crippen MR) is 71.8 cm³/mol. The van der Waals surface area contributed by atoms with E-state index in [0.29, 0.717) is 5.92 Å². The highest BCUT2D eigenvalue weighted by Gasteiger charge is 2.18. The summed E-state index contributed by atoms with van der Waals surface area (Å²) < 4.78 is 0. The van der Waals surface area contributed by atoms with E-state index >= 15 is 0 Å². The van der Waals surface area contributed by atoms with Crippen molar-refractivity contribution in [2.24, 2.45) is 0 Å². The molecule has 0 aliphatic rings. The second-order valence-electron chi connectivity index (χ2n) is 4.41. The molecule has 0 aromatic heterocycles. The molecule has 0 N–H and O–H groups in total. The van der Waals surface area contributed by atoms with Crippen molar-refractivity contribution in [2.75, 3.05) is 13.1 Å². The molecule has 0 radical (unpaired) electrons. The molecule has 0 saturated heterocycles. The second kappa shape index (κ2) is 7.09. The zero-order chi connectivity index (χ0) is 12.7. The van der Waals surface area contributed by atoms with Crippen LogP contribution in [0.1, 0.15) is 38.7 Å². The van der Waals surface area contributed by atoms with Crippen LogP contribution in [-0.4, -0.2) is 24.0 Å². The van der Waals surface area contributed by atoms with Gasteiger partial charge in [-0.25, -0.2) is 0 Å². The smallest absolute Gasteiger partial charge is 0.0983 e. The molecule has 0 heterocycles. The molecule has 2 heteroatoms. The molecule has 2 atom stereocenters.